The standard InChI is InChI=1S/C18H12BrClF5NO3S2/c1-9(27)14-17(28)15-13(20)6-5-12(19)16(15)26-18(14)30(29)8-10-3-2-4-11(7-10)31(21,22,23,24)25/h2-7H,8H2,1H3,(H,26,28). The topological polar surface area (TPSA) is 73.0 Å². The van der Waals surface area contributed by atoms with Crippen LogP contribution < -0.4 is 5.43 Å². The highest BCUT2D eigenvalue weighted by Crippen LogP contribution is 3.02. The summed E-state index contributed by atoms with van der Waals surface area (Å²) in [4.78, 5) is 25.5. The molecule has 0 saturated heterocycles. The van der Waals surface area contributed by atoms with Gasteiger partial charge in [-0.25, -0.2) is 0 Å². The van der Waals surface area contributed by atoms with E-state index in [2.05, 4.69) is 20.9 Å². The molecule has 1 unspecified atom stereocenters. The van der Waals surface area contributed by atoms with E-state index in [9.17, 15) is 33.6 Å². The molecule has 0 spiro atoms. The summed E-state index contributed by atoms with van der Waals surface area (Å²) >= 11 is 7.01. The highest BCUT2D eigenvalue weighted by molar-refractivity contribution is 9.10. The van der Waals surface area contributed by atoms with Crippen molar-refractivity contribution in [3.63, 3.8) is 0 Å². The molecule has 1 heterocycles. The van der Waals surface area contributed by atoms with Crippen LogP contribution in [0.2, 0.25) is 5.02 Å². The molecule has 0 saturated carbocycles. The molecule has 0 aliphatic carbocycles. The summed E-state index contributed by atoms with van der Waals surface area (Å²) in [5.74, 6) is -1.40. The van der Waals surface area contributed by atoms with Gasteiger partial charge in [0, 0.05) is 21.2 Å². The zero-order valence-corrected chi connectivity index (χ0v) is 19.3. The number of H-pyrrole nitrogens is 1. The first kappa shape index (κ1) is 24.1. The largest absolute Gasteiger partial charge is 0.610 e. The van der Waals surface area contributed by atoms with Crippen molar-refractivity contribution in [2.75, 3.05) is 0 Å². The molecule has 13 heteroatoms. The van der Waals surface area contributed by atoms with Gasteiger partial charge >= 0.3 is 10.2 Å². The van der Waals surface area contributed by atoms with Crippen LogP contribution >= 0.6 is 37.8 Å². The average molecular weight is 565 g/mol. The van der Waals surface area contributed by atoms with Gasteiger partial charge in [-0.2, -0.15) is 0 Å². The van der Waals surface area contributed by atoms with Crippen molar-refractivity contribution in [2.24, 2.45) is 0 Å². The molecule has 1 N–H and O–H groups in total. The molecule has 3 aromatic rings. The van der Waals surface area contributed by atoms with Crippen LogP contribution in [0.5, 0.6) is 0 Å². The van der Waals surface area contributed by atoms with Gasteiger partial charge in [-0.15, -0.1) is 0 Å². The second-order valence-corrected chi connectivity index (χ2v) is 11.7. The fraction of sp³-hybridized carbons (Fsp3) is 0.111. The number of ketones is 1. The van der Waals surface area contributed by atoms with E-state index in [0.717, 1.165) is 19.1 Å². The molecule has 0 bridgehead atoms. The molecule has 0 fully saturated rings. The van der Waals surface area contributed by atoms with E-state index >= 15 is 0 Å². The van der Waals surface area contributed by atoms with Crippen molar-refractivity contribution in [3.8, 4) is 0 Å². The fourth-order valence-electron chi connectivity index (χ4n) is 2.89. The summed E-state index contributed by atoms with van der Waals surface area (Å²) in [7, 11) is -9.93. The number of hydrogen-bond acceptors (Lipinski definition) is 3. The van der Waals surface area contributed by atoms with Crippen LogP contribution in [0, 0.1) is 0 Å². The lowest BCUT2D eigenvalue weighted by Gasteiger charge is -2.40. The van der Waals surface area contributed by atoms with Crippen molar-refractivity contribution in [1.82, 2.24) is 4.98 Å². The molecule has 31 heavy (non-hydrogen) atoms. The maximum atomic E-state index is 13.1. The van der Waals surface area contributed by atoms with Gasteiger partial charge in [-0.1, -0.05) is 43.2 Å². The third-order valence-corrected chi connectivity index (χ3v) is 7.72. The minimum atomic E-state index is -9.93. The van der Waals surface area contributed by atoms with Gasteiger partial charge in [0.1, 0.15) is 16.2 Å². The number of fused-ring (bicyclic) bond motifs is 1. The third-order valence-electron chi connectivity index (χ3n) is 4.24. The predicted octanol–water partition coefficient (Wildman–Crippen LogP) is 7.11. The highest BCUT2D eigenvalue weighted by Gasteiger charge is 2.65. The average Bonchev–Trinajstić information content (AvgIpc) is 2.62. The molecule has 0 radical (unpaired) electrons. The van der Waals surface area contributed by atoms with Crippen LogP contribution in [0.1, 0.15) is 22.8 Å². The smallest absolute Gasteiger partial charge is 0.310 e. The third kappa shape index (κ3) is 4.92. The minimum Gasteiger partial charge on any atom is -0.610 e. The quantitative estimate of drug-likeness (QED) is 0.204. The highest BCUT2D eigenvalue weighted by atomic mass is 79.9. The van der Waals surface area contributed by atoms with Crippen molar-refractivity contribution in [3.05, 3.63) is 67.2 Å². The molecule has 1 atom stereocenters. The summed E-state index contributed by atoms with van der Waals surface area (Å²) in [6, 6.07) is 5.20. The number of pyridine rings is 1. The number of hydrogen-bond donors (Lipinski definition) is 1. The number of rotatable bonds is 5. The molecule has 0 aliphatic heterocycles. The van der Waals surface area contributed by atoms with Crippen LogP contribution in [0.25, 0.3) is 10.9 Å². The molecule has 1 aromatic heterocycles. The van der Waals surface area contributed by atoms with Gasteiger partial charge < -0.3 is 9.54 Å². The zero-order chi connectivity index (χ0) is 23.4. The monoisotopic (exact) mass is 563 g/mol. The van der Waals surface area contributed by atoms with Gasteiger partial charge in [-0.05, 0) is 47.1 Å². The van der Waals surface area contributed by atoms with E-state index in [4.69, 9.17) is 11.6 Å². The number of Topliss-reactive ketones (excluding diaryl/α,β-unsaturated/α-hetero) is 1. The first-order valence-electron chi connectivity index (χ1n) is 8.26. The van der Waals surface area contributed by atoms with Gasteiger partial charge in [0.25, 0.3) is 0 Å². The Morgan fingerprint density at radius 1 is 1.19 bits per heavy atom. The van der Waals surface area contributed by atoms with E-state index in [1.54, 1.807) is 0 Å². The van der Waals surface area contributed by atoms with Gasteiger partial charge in [0.05, 0.1) is 15.9 Å². The van der Waals surface area contributed by atoms with Crippen molar-refractivity contribution in [1.29, 1.82) is 0 Å². The number of aromatic nitrogens is 1. The Labute approximate surface area is 188 Å². The lowest BCUT2D eigenvalue weighted by atomic mass is 10.1. The zero-order valence-electron chi connectivity index (χ0n) is 15.4. The van der Waals surface area contributed by atoms with Crippen LogP contribution in [-0.4, -0.2) is 15.3 Å². The number of halogens is 7. The number of aromatic amines is 1. The summed E-state index contributed by atoms with van der Waals surface area (Å²) in [6.07, 6.45) is 0. The van der Waals surface area contributed by atoms with E-state index in [-0.39, 0.29) is 38.6 Å². The second kappa shape index (κ2) is 7.20. The first-order valence-corrected chi connectivity index (χ1v) is 12.7. The molecule has 4 nitrogen and oxygen atoms in total. The number of benzene rings is 2. The Morgan fingerprint density at radius 2 is 1.84 bits per heavy atom. The number of carbonyl (C=O) groups excluding carboxylic acids is 1. The normalized spacial score (nSPS) is 15.4. The lowest BCUT2D eigenvalue weighted by Crippen LogP contribution is -2.22. The van der Waals surface area contributed by atoms with Gasteiger partial charge in [0.2, 0.25) is 10.5 Å². The van der Waals surface area contributed by atoms with E-state index < -0.39 is 48.8 Å². The number of carbonyl (C=O) groups is 1. The van der Waals surface area contributed by atoms with E-state index in [1.807, 2.05) is 0 Å². The van der Waals surface area contributed by atoms with E-state index in [0.29, 0.717) is 4.47 Å². The lowest BCUT2D eigenvalue weighted by molar-refractivity contribution is 0.101. The summed E-state index contributed by atoms with van der Waals surface area (Å²) in [6.45, 7) is 1.05. The predicted molar refractivity (Wildman–Crippen MR) is 115 cm³/mol. The Kier molecular flexibility index (Phi) is 5.59. The van der Waals surface area contributed by atoms with Crippen LogP contribution in [-0.2, 0) is 16.9 Å². The Balaban J connectivity index is 2.15. The van der Waals surface area contributed by atoms with Crippen LogP contribution in [0.3, 0.4) is 0 Å². The minimum absolute atomic E-state index is 0.0304. The molecule has 2 aromatic carbocycles. The number of nitrogens with one attached hydrogen (secondary N) is 1. The maximum absolute atomic E-state index is 13.1. The second-order valence-electron chi connectivity index (χ2n) is 6.60. The van der Waals surface area contributed by atoms with Gasteiger partial charge in [-0.3, -0.25) is 9.59 Å². The Hall–Kier alpha value is -1.60. The molecular weight excluding hydrogens is 553 g/mol. The van der Waals surface area contributed by atoms with Crippen molar-refractivity contribution in [2.45, 2.75) is 22.6 Å². The summed E-state index contributed by atoms with van der Waals surface area (Å²) < 4.78 is 78.7. The molecule has 0 amide bonds. The Bertz CT molecular complexity index is 1300. The van der Waals surface area contributed by atoms with Crippen molar-refractivity contribution >= 4 is 65.6 Å². The SMILES string of the molecule is CC(=O)c1c([S+]([O-])Cc2cccc(S(F)(F)(F)(F)F)c2)[nH]c2c(Br)ccc(Cl)c2c1=O. The molecule has 0 aliphatic rings. The van der Waals surface area contributed by atoms with Crippen molar-refractivity contribution < 1.29 is 28.8 Å². The molecule has 3 rings (SSSR count). The van der Waals surface area contributed by atoms with Crippen LogP contribution in [0.4, 0.5) is 19.4 Å². The molecular formula is C18H12BrClF5NO3S2. The van der Waals surface area contributed by atoms with E-state index in [1.165, 1.54) is 12.1 Å². The fourth-order valence-corrected chi connectivity index (χ4v) is 5.58. The van der Waals surface area contributed by atoms with Gasteiger partial charge in [0.15, 0.2) is 5.78 Å². The summed E-state index contributed by atoms with van der Waals surface area (Å²) in [5.41, 5.74) is -1.47. The first-order chi connectivity index (χ1) is 14.0. The molecule has 168 valence electrons. The maximum Gasteiger partial charge on any atom is 0.310 e. The van der Waals surface area contributed by atoms with Crippen LogP contribution in [0.15, 0.2) is 55.6 Å². The Morgan fingerprint density at radius 3 is 2.42 bits per heavy atom. The summed E-state index contributed by atoms with van der Waals surface area (Å²) in [5, 5.41) is -0.349.